The minimum atomic E-state index is -0.210. The molecule has 5 heteroatoms. The summed E-state index contributed by atoms with van der Waals surface area (Å²) in [4.78, 5) is 17.2. The Morgan fingerprint density at radius 3 is 2.80 bits per heavy atom. The van der Waals surface area contributed by atoms with Crippen LogP contribution in [0.1, 0.15) is 43.9 Å². The molecule has 0 saturated carbocycles. The molecule has 0 spiro atoms. The number of aromatic nitrogens is 1. The third-order valence-electron chi connectivity index (χ3n) is 4.86. The van der Waals surface area contributed by atoms with E-state index in [4.69, 9.17) is 4.52 Å². The third kappa shape index (κ3) is 2.04. The lowest BCUT2D eigenvalue weighted by Gasteiger charge is -2.34. The van der Waals surface area contributed by atoms with E-state index in [0.29, 0.717) is 6.54 Å². The molecule has 3 rings (SSSR count). The quantitative estimate of drug-likeness (QED) is 0.842. The second-order valence-electron chi connectivity index (χ2n) is 6.03. The summed E-state index contributed by atoms with van der Waals surface area (Å²) in [6, 6.07) is 0. The molecule has 0 bridgehead atoms. The highest BCUT2D eigenvalue weighted by Crippen LogP contribution is 2.40. The Labute approximate surface area is 119 Å². The number of hydrogen-bond donors (Lipinski definition) is 0. The van der Waals surface area contributed by atoms with E-state index >= 15 is 0 Å². The lowest BCUT2D eigenvalue weighted by Crippen LogP contribution is -2.52. The molecule has 5 nitrogen and oxygen atoms in total. The molecule has 0 radical (unpaired) electrons. The fourth-order valence-electron chi connectivity index (χ4n) is 3.84. The highest BCUT2D eigenvalue weighted by molar-refractivity contribution is 5.87. The molecule has 0 N–H and O–H groups in total. The van der Waals surface area contributed by atoms with Crippen molar-refractivity contribution in [3.05, 3.63) is 17.5 Å². The maximum absolute atomic E-state index is 12.9. The highest BCUT2D eigenvalue weighted by atomic mass is 16.5. The van der Waals surface area contributed by atoms with Crippen molar-refractivity contribution in [2.75, 3.05) is 20.1 Å². The van der Waals surface area contributed by atoms with Crippen LogP contribution in [0, 0.1) is 0 Å². The van der Waals surface area contributed by atoms with Crippen molar-refractivity contribution in [2.24, 2.45) is 0 Å². The van der Waals surface area contributed by atoms with E-state index in [1.807, 2.05) is 11.9 Å². The van der Waals surface area contributed by atoms with Gasteiger partial charge < -0.3 is 9.42 Å². The molecule has 0 aromatic carbocycles. The lowest BCUT2D eigenvalue weighted by atomic mass is 9.92. The van der Waals surface area contributed by atoms with Gasteiger partial charge in [-0.3, -0.25) is 9.69 Å². The number of amides is 1. The molecule has 1 aromatic heterocycles. The number of aryl methyl sites for hydroxylation is 1. The second-order valence-corrected chi connectivity index (χ2v) is 6.03. The predicted octanol–water partition coefficient (Wildman–Crippen LogP) is 1.82. The molecule has 110 valence electrons. The van der Waals surface area contributed by atoms with Crippen LogP contribution in [0.15, 0.2) is 10.8 Å². The van der Waals surface area contributed by atoms with Crippen LogP contribution in [0.25, 0.3) is 0 Å². The maximum atomic E-state index is 12.9. The van der Waals surface area contributed by atoms with E-state index in [1.165, 1.54) is 0 Å². The molecular weight excluding hydrogens is 254 g/mol. The Bertz CT molecular complexity index is 487. The average Bonchev–Trinajstić information content (AvgIpc) is 3.11. The predicted molar refractivity (Wildman–Crippen MR) is 75.1 cm³/mol. The van der Waals surface area contributed by atoms with Crippen LogP contribution in [0.5, 0.6) is 0 Å². The second kappa shape index (κ2) is 5.20. The van der Waals surface area contributed by atoms with Crippen molar-refractivity contribution in [1.29, 1.82) is 0 Å². The topological polar surface area (TPSA) is 49.6 Å². The molecule has 0 unspecified atom stereocenters. The van der Waals surface area contributed by atoms with Crippen molar-refractivity contribution in [1.82, 2.24) is 15.0 Å². The molecule has 0 aliphatic carbocycles. The van der Waals surface area contributed by atoms with E-state index in [0.717, 1.165) is 56.5 Å². The van der Waals surface area contributed by atoms with Crippen LogP contribution in [0.2, 0.25) is 0 Å². The Morgan fingerprint density at radius 1 is 1.45 bits per heavy atom. The first-order valence-electron chi connectivity index (χ1n) is 7.60. The zero-order valence-corrected chi connectivity index (χ0v) is 12.4. The van der Waals surface area contributed by atoms with Gasteiger partial charge in [-0.05, 0) is 45.2 Å². The Morgan fingerprint density at radius 2 is 2.15 bits per heavy atom. The summed E-state index contributed by atoms with van der Waals surface area (Å²) < 4.78 is 5.03. The van der Waals surface area contributed by atoms with Crippen molar-refractivity contribution in [3.8, 4) is 0 Å². The van der Waals surface area contributed by atoms with Crippen LogP contribution < -0.4 is 0 Å². The maximum Gasteiger partial charge on any atom is 0.243 e. The van der Waals surface area contributed by atoms with Gasteiger partial charge in [-0.15, -0.1) is 0 Å². The summed E-state index contributed by atoms with van der Waals surface area (Å²) in [5, 5.41) is 3.99. The molecule has 20 heavy (non-hydrogen) atoms. The van der Waals surface area contributed by atoms with E-state index in [1.54, 1.807) is 6.26 Å². The van der Waals surface area contributed by atoms with E-state index < -0.39 is 0 Å². The number of nitrogens with zero attached hydrogens (tertiary/aromatic N) is 3. The van der Waals surface area contributed by atoms with Crippen molar-refractivity contribution in [2.45, 2.75) is 51.1 Å². The number of carbonyl (C=O) groups is 1. The monoisotopic (exact) mass is 277 g/mol. The van der Waals surface area contributed by atoms with Crippen LogP contribution in [-0.2, 0) is 17.8 Å². The number of likely N-dealkylation sites (N-methyl/N-ethyl adjacent to an activating group) is 1. The first-order valence-corrected chi connectivity index (χ1v) is 7.60. The van der Waals surface area contributed by atoms with Crippen LogP contribution in [-0.4, -0.2) is 46.5 Å². The molecule has 0 atom stereocenters. The molecule has 1 aromatic rings. The average molecular weight is 277 g/mol. The van der Waals surface area contributed by atoms with Gasteiger partial charge in [0, 0.05) is 12.6 Å². The molecule has 2 fully saturated rings. The van der Waals surface area contributed by atoms with Gasteiger partial charge in [0.15, 0.2) is 0 Å². The summed E-state index contributed by atoms with van der Waals surface area (Å²) in [6.07, 6.45) is 6.83. The van der Waals surface area contributed by atoms with Gasteiger partial charge in [0.25, 0.3) is 0 Å². The Hall–Kier alpha value is -1.36. The van der Waals surface area contributed by atoms with E-state index in [2.05, 4.69) is 17.0 Å². The van der Waals surface area contributed by atoms with Crippen LogP contribution in [0.4, 0.5) is 0 Å². The standard InChI is InChI=1S/C15H23N3O2/c1-3-13-12(11-20-16-13)10-17(2)14(19)15-6-4-8-18(15)9-5-7-15/h11H,3-10H2,1-2H3. The van der Waals surface area contributed by atoms with Crippen molar-refractivity contribution in [3.63, 3.8) is 0 Å². The fourth-order valence-corrected chi connectivity index (χ4v) is 3.84. The van der Waals surface area contributed by atoms with Gasteiger partial charge in [-0.1, -0.05) is 12.1 Å². The lowest BCUT2D eigenvalue weighted by molar-refractivity contribution is -0.140. The molecule has 2 aliphatic rings. The number of rotatable bonds is 4. The Balaban J connectivity index is 1.74. The van der Waals surface area contributed by atoms with Gasteiger partial charge in [0.2, 0.25) is 5.91 Å². The number of hydrogen-bond acceptors (Lipinski definition) is 4. The zero-order valence-electron chi connectivity index (χ0n) is 12.4. The molecule has 2 aliphatic heterocycles. The van der Waals surface area contributed by atoms with Gasteiger partial charge in [-0.25, -0.2) is 0 Å². The smallest absolute Gasteiger partial charge is 0.243 e. The van der Waals surface area contributed by atoms with Gasteiger partial charge in [0.05, 0.1) is 12.2 Å². The molecule has 2 saturated heterocycles. The SMILES string of the molecule is CCc1nocc1CN(C)C(=O)C12CCCN1CCC2. The van der Waals surface area contributed by atoms with Crippen molar-refractivity contribution >= 4 is 5.91 Å². The van der Waals surface area contributed by atoms with E-state index in [9.17, 15) is 4.79 Å². The van der Waals surface area contributed by atoms with Gasteiger partial charge in [0.1, 0.15) is 11.8 Å². The number of fused-ring (bicyclic) bond motifs is 1. The van der Waals surface area contributed by atoms with Crippen LogP contribution >= 0.6 is 0 Å². The van der Waals surface area contributed by atoms with Gasteiger partial charge >= 0.3 is 0 Å². The van der Waals surface area contributed by atoms with Crippen molar-refractivity contribution < 1.29 is 9.32 Å². The summed E-state index contributed by atoms with van der Waals surface area (Å²) in [7, 11) is 1.90. The van der Waals surface area contributed by atoms with E-state index in [-0.39, 0.29) is 11.4 Å². The minimum Gasteiger partial charge on any atom is -0.364 e. The first kappa shape index (κ1) is 13.6. The molecule has 3 heterocycles. The van der Waals surface area contributed by atoms with Crippen LogP contribution in [0.3, 0.4) is 0 Å². The highest BCUT2D eigenvalue weighted by Gasteiger charge is 2.51. The number of carbonyl (C=O) groups excluding carboxylic acids is 1. The van der Waals surface area contributed by atoms with Gasteiger partial charge in [-0.2, -0.15) is 0 Å². The third-order valence-corrected chi connectivity index (χ3v) is 4.86. The summed E-state index contributed by atoms with van der Waals surface area (Å²) in [5.74, 6) is 0.274. The largest absolute Gasteiger partial charge is 0.364 e. The first-order chi connectivity index (χ1) is 9.67. The minimum absolute atomic E-state index is 0.210. The zero-order chi connectivity index (χ0) is 14.2. The summed E-state index contributed by atoms with van der Waals surface area (Å²) in [5.41, 5.74) is 1.78. The normalized spacial score (nSPS) is 21.1. The Kier molecular flexibility index (Phi) is 3.54. The molecule has 1 amide bonds. The fraction of sp³-hybridized carbons (Fsp3) is 0.733. The summed E-state index contributed by atoms with van der Waals surface area (Å²) >= 11 is 0. The molecular formula is C15H23N3O2. The summed E-state index contributed by atoms with van der Waals surface area (Å²) in [6.45, 7) is 4.80.